The summed E-state index contributed by atoms with van der Waals surface area (Å²) in [5.74, 6) is 2.07. The van der Waals surface area contributed by atoms with E-state index in [-0.39, 0.29) is 0 Å². The number of benzene rings is 1. The van der Waals surface area contributed by atoms with E-state index in [1.165, 1.54) is 0 Å². The Balaban J connectivity index is 2.73. The summed E-state index contributed by atoms with van der Waals surface area (Å²) in [5.41, 5.74) is 1.08. The van der Waals surface area contributed by atoms with Crippen LogP contribution in [-0.4, -0.2) is 33.4 Å². The van der Waals surface area contributed by atoms with Crippen molar-refractivity contribution in [2.24, 2.45) is 0 Å². The Morgan fingerprint density at radius 2 is 1.67 bits per heavy atom. The van der Waals surface area contributed by atoms with Gasteiger partial charge in [-0.3, -0.25) is 0 Å². The van der Waals surface area contributed by atoms with E-state index in [4.69, 9.17) is 14.2 Å². The molecule has 4 nitrogen and oxygen atoms in total. The minimum atomic E-state index is 0.454. The minimum Gasteiger partial charge on any atom is -0.493 e. The lowest BCUT2D eigenvalue weighted by atomic mass is 10.2. The fourth-order valence-electron chi connectivity index (χ4n) is 1.65. The van der Waals surface area contributed by atoms with Crippen LogP contribution in [0.1, 0.15) is 19.4 Å². The standard InChI is InChI=1S/C14H23NO3/c1-10(2)15-6-7-18-14-12(16-4)8-11(3)9-13(14)17-5/h8-10,15H,6-7H2,1-5H3. The van der Waals surface area contributed by atoms with Crippen LogP contribution in [0.2, 0.25) is 0 Å². The van der Waals surface area contributed by atoms with E-state index < -0.39 is 0 Å². The topological polar surface area (TPSA) is 39.7 Å². The second kappa shape index (κ2) is 7.11. The number of rotatable bonds is 7. The van der Waals surface area contributed by atoms with Crippen LogP contribution in [0.4, 0.5) is 0 Å². The molecule has 0 aliphatic carbocycles. The molecule has 0 unspecified atom stereocenters. The van der Waals surface area contributed by atoms with Gasteiger partial charge in [-0.2, -0.15) is 0 Å². The van der Waals surface area contributed by atoms with Crippen molar-refractivity contribution in [3.63, 3.8) is 0 Å². The second-order valence-corrected chi connectivity index (χ2v) is 4.46. The van der Waals surface area contributed by atoms with E-state index >= 15 is 0 Å². The van der Waals surface area contributed by atoms with Gasteiger partial charge in [0.1, 0.15) is 6.61 Å². The Kier molecular flexibility index (Phi) is 5.78. The van der Waals surface area contributed by atoms with Crippen LogP contribution in [0.5, 0.6) is 17.2 Å². The monoisotopic (exact) mass is 253 g/mol. The molecule has 0 heterocycles. The lowest BCUT2D eigenvalue weighted by molar-refractivity contribution is 0.270. The van der Waals surface area contributed by atoms with Crippen molar-refractivity contribution in [3.05, 3.63) is 17.7 Å². The highest BCUT2D eigenvalue weighted by Crippen LogP contribution is 2.38. The molecular formula is C14H23NO3. The van der Waals surface area contributed by atoms with Crippen LogP contribution in [0.3, 0.4) is 0 Å². The van der Waals surface area contributed by atoms with Gasteiger partial charge in [0.05, 0.1) is 14.2 Å². The highest BCUT2D eigenvalue weighted by molar-refractivity contribution is 5.53. The normalized spacial score (nSPS) is 10.6. The number of nitrogens with one attached hydrogen (secondary N) is 1. The van der Waals surface area contributed by atoms with Gasteiger partial charge in [0.15, 0.2) is 11.5 Å². The third kappa shape index (κ3) is 4.11. The molecule has 0 amide bonds. The summed E-state index contributed by atoms with van der Waals surface area (Å²) in [6, 6.07) is 4.33. The van der Waals surface area contributed by atoms with Gasteiger partial charge < -0.3 is 19.5 Å². The molecule has 1 aromatic rings. The number of ether oxygens (including phenoxy) is 3. The highest BCUT2D eigenvalue weighted by Gasteiger charge is 2.12. The van der Waals surface area contributed by atoms with Crippen LogP contribution < -0.4 is 19.5 Å². The summed E-state index contributed by atoms with van der Waals surface area (Å²) in [6.45, 7) is 7.57. The SMILES string of the molecule is COc1cc(C)cc(OC)c1OCCNC(C)C. The van der Waals surface area contributed by atoms with Crippen molar-refractivity contribution in [3.8, 4) is 17.2 Å². The average Bonchev–Trinajstić information content (AvgIpc) is 2.34. The van der Waals surface area contributed by atoms with E-state index in [0.29, 0.717) is 29.9 Å². The van der Waals surface area contributed by atoms with E-state index in [1.807, 2.05) is 19.1 Å². The predicted molar refractivity (Wildman–Crippen MR) is 72.9 cm³/mol. The lowest BCUT2D eigenvalue weighted by Crippen LogP contribution is -2.27. The number of hydrogen-bond acceptors (Lipinski definition) is 4. The molecule has 0 atom stereocenters. The maximum Gasteiger partial charge on any atom is 0.203 e. The first kappa shape index (κ1) is 14.6. The third-order valence-corrected chi connectivity index (χ3v) is 2.51. The van der Waals surface area contributed by atoms with Crippen LogP contribution in [0, 0.1) is 6.92 Å². The molecule has 4 heteroatoms. The minimum absolute atomic E-state index is 0.454. The molecule has 1 rings (SSSR count). The zero-order valence-electron chi connectivity index (χ0n) is 11.9. The Morgan fingerprint density at radius 1 is 1.11 bits per heavy atom. The summed E-state index contributed by atoms with van der Waals surface area (Å²) >= 11 is 0. The van der Waals surface area contributed by atoms with Crippen LogP contribution in [-0.2, 0) is 0 Å². The molecule has 0 saturated heterocycles. The quantitative estimate of drug-likeness (QED) is 0.757. The fourth-order valence-corrected chi connectivity index (χ4v) is 1.65. The Bertz CT molecular complexity index is 352. The molecule has 0 aliphatic rings. The first-order chi connectivity index (χ1) is 8.58. The van der Waals surface area contributed by atoms with Gasteiger partial charge in [0.25, 0.3) is 0 Å². The van der Waals surface area contributed by atoms with Crippen molar-refractivity contribution < 1.29 is 14.2 Å². The van der Waals surface area contributed by atoms with Crippen LogP contribution in [0.25, 0.3) is 0 Å². The van der Waals surface area contributed by atoms with Gasteiger partial charge in [0, 0.05) is 12.6 Å². The molecular weight excluding hydrogens is 230 g/mol. The van der Waals surface area contributed by atoms with Crippen LogP contribution in [0.15, 0.2) is 12.1 Å². The zero-order chi connectivity index (χ0) is 13.5. The molecule has 0 radical (unpaired) electrons. The van der Waals surface area contributed by atoms with Gasteiger partial charge in [-0.1, -0.05) is 13.8 Å². The molecule has 0 fully saturated rings. The van der Waals surface area contributed by atoms with Gasteiger partial charge in [-0.25, -0.2) is 0 Å². The molecule has 0 saturated carbocycles. The van der Waals surface area contributed by atoms with Gasteiger partial charge in [-0.05, 0) is 24.6 Å². The summed E-state index contributed by atoms with van der Waals surface area (Å²) in [7, 11) is 3.26. The lowest BCUT2D eigenvalue weighted by Gasteiger charge is -2.16. The largest absolute Gasteiger partial charge is 0.493 e. The maximum absolute atomic E-state index is 5.74. The van der Waals surface area contributed by atoms with Gasteiger partial charge in [0.2, 0.25) is 5.75 Å². The Labute approximate surface area is 109 Å². The molecule has 0 spiro atoms. The van der Waals surface area contributed by atoms with E-state index in [2.05, 4.69) is 19.2 Å². The highest BCUT2D eigenvalue weighted by atomic mass is 16.5. The summed E-state index contributed by atoms with van der Waals surface area (Å²) < 4.78 is 16.4. The van der Waals surface area contributed by atoms with Crippen molar-refractivity contribution in [2.45, 2.75) is 26.8 Å². The van der Waals surface area contributed by atoms with Crippen molar-refractivity contribution in [2.75, 3.05) is 27.4 Å². The Hall–Kier alpha value is -1.42. The van der Waals surface area contributed by atoms with Gasteiger partial charge in [-0.15, -0.1) is 0 Å². The van der Waals surface area contributed by atoms with Crippen molar-refractivity contribution in [1.29, 1.82) is 0 Å². The van der Waals surface area contributed by atoms with E-state index in [9.17, 15) is 0 Å². The van der Waals surface area contributed by atoms with Crippen molar-refractivity contribution in [1.82, 2.24) is 5.32 Å². The molecule has 0 aliphatic heterocycles. The zero-order valence-corrected chi connectivity index (χ0v) is 11.9. The molecule has 0 bridgehead atoms. The molecule has 1 N–H and O–H groups in total. The number of aryl methyl sites for hydroxylation is 1. The van der Waals surface area contributed by atoms with Crippen LogP contribution >= 0.6 is 0 Å². The van der Waals surface area contributed by atoms with Crippen molar-refractivity contribution >= 4 is 0 Å². The van der Waals surface area contributed by atoms with Gasteiger partial charge >= 0.3 is 0 Å². The average molecular weight is 253 g/mol. The first-order valence-electron chi connectivity index (χ1n) is 6.17. The second-order valence-electron chi connectivity index (χ2n) is 4.46. The molecule has 0 aromatic heterocycles. The predicted octanol–water partition coefficient (Wildman–Crippen LogP) is 2.39. The summed E-state index contributed by atoms with van der Waals surface area (Å²) in [6.07, 6.45) is 0. The van der Waals surface area contributed by atoms with E-state index in [0.717, 1.165) is 12.1 Å². The molecule has 1 aromatic carbocycles. The number of hydrogen-bond donors (Lipinski definition) is 1. The smallest absolute Gasteiger partial charge is 0.203 e. The summed E-state index contributed by atoms with van der Waals surface area (Å²) in [4.78, 5) is 0. The van der Waals surface area contributed by atoms with E-state index in [1.54, 1.807) is 14.2 Å². The third-order valence-electron chi connectivity index (χ3n) is 2.51. The first-order valence-corrected chi connectivity index (χ1v) is 6.17. The fraction of sp³-hybridized carbons (Fsp3) is 0.571. The molecule has 18 heavy (non-hydrogen) atoms. The Morgan fingerprint density at radius 3 is 2.11 bits per heavy atom. The number of methoxy groups -OCH3 is 2. The summed E-state index contributed by atoms with van der Waals surface area (Å²) in [5, 5.41) is 3.30. The maximum atomic E-state index is 5.74. The molecule has 102 valence electrons.